The molecule has 94 valence electrons. The molecule has 0 saturated heterocycles. The summed E-state index contributed by atoms with van der Waals surface area (Å²) in [6, 6.07) is 3.71. The van der Waals surface area contributed by atoms with Crippen molar-refractivity contribution in [2.75, 3.05) is 6.54 Å². The fourth-order valence-electron chi connectivity index (χ4n) is 1.58. The van der Waals surface area contributed by atoms with E-state index in [2.05, 4.69) is 5.32 Å². The largest absolute Gasteiger partial charge is 0.351 e. The molecule has 0 unspecified atom stereocenters. The van der Waals surface area contributed by atoms with Gasteiger partial charge in [-0.2, -0.15) is 0 Å². The van der Waals surface area contributed by atoms with Crippen molar-refractivity contribution in [3.8, 4) is 0 Å². The van der Waals surface area contributed by atoms with Gasteiger partial charge in [0.1, 0.15) is 6.29 Å². The molecule has 17 heavy (non-hydrogen) atoms. The Morgan fingerprint density at radius 1 is 1.24 bits per heavy atom. The average molecular weight is 253 g/mol. The van der Waals surface area contributed by atoms with Gasteiger partial charge in [-0.25, -0.2) is 0 Å². The molecule has 0 spiro atoms. The molecule has 0 aliphatic rings. The van der Waals surface area contributed by atoms with Crippen molar-refractivity contribution in [3.05, 3.63) is 22.4 Å². The minimum absolute atomic E-state index is 0.0287. The lowest BCUT2D eigenvalue weighted by Crippen LogP contribution is -2.23. The number of hydrogen-bond donors (Lipinski definition) is 1. The van der Waals surface area contributed by atoms with E-state index >= 15 is 0 Å². The lowest BCUT2D eigenvalue weighted by molar-refractivity contribution is -0.107. The van der Waals surface area contributed by atoms with Crippen LogP contribution < -0.4 is 5.32 Å². The minimum atomic E-state index is 0.0287. The molecule has 1 N–H and O–H groups in total. The monoisotopic (exact) mass is 253 g/mol. The molecular formula is C13H19NO2S. The van der Waals surface area contributed by atoms with Crippen LogP contribution in [-0.4, -0.2) is 18.7 Å². The van der Waals surface area contributed by atoms with Gasteiger partial charge in [-0.3, -0.25) is 4.79 Å². The lowest BCUT2D eigenvalue weighted by Gasteiger charge is -2.03. The summed E-state index contributed by atoms with van der Waals surface area (Å²) in [5.74, 6) is 0.0287. The topological polar surface area (TPSA) is 46.2 Å². The molecule has 0 aliphatic carbocycles. The van der Waals surface area contributed by atoms with Gasteiger partial charge in [-0.05, 0) is 24.3 Å². The molecule has 4 heteroatoms. The molecular weight excluding hydrogens is 234 g/mol. The number of carbonyl (C=O) groups is 2. The van der Waals surface area contributed by atoms with Gasteiger partial charge in [-0.1, -0.05) is 25.3 Å². The summed E-state index contributed by atoms with van der Waals surface area (Å²) in [6.07, 6.45) is 7.02. The van der Waals surface area contributed by atoms with Gasteiger partial charge in [0.25, 0.3) is 5.91 Å². The Kier molecular flexibility index (Phi) is 7.30. The summed E-state index contributed by atoms with van der Waals surface area (Å²) in [7, 11) is 0. The second kappa shape index (κ2) is 8.93. The van der Waals surface area contributed by atoms with Crippen LogP contribution in [0.1, 0.15) is 48.2 Å². The molecule has 1 aromatic rings. The quantitative estimate of drug-likeness (QED) is 0.543. The van der Waals surface area contributed by atoms with Crippen molar-refractivity contribution in [1.82, 2.24) is 5.32 Å². The Bertz CT molecular complexity index is 322. The number of thiophene rings is 1. The van der Waals surface area contributed by atoms with Crippen molar-refractivity contribution in [2.24, 2.45) is 0 Å². The molecule has 0 fully saturated rings. The first-order valence-electron chi connectivity index (χ1n) is 6.10. The summed E-state index contributed by atoms with van der Waals surface area (Å²) in [5.41, 5.74) is 0. The Morgan fingerprint density at radius 3 is 2.71 bits per heavy atom. The van der Waals surface area contributed by atoms with Gasteiger partial charge in [0, 0.05) is 13.0 Å². The first kappa shape index (κ1) is 13.9. The fourth-order valence-corrected chi connectivity index (χ4v) is 2.22. The highest BCUT2D eigenvalue weighted by atomic mass is 32.1. The van der Waals surface area contributed by atoms with Gasteiger partial charge < -0.3 is 10.1 Å². The van der Waals surface area contributed by atoms with E-state index in [0.29, 0.717) is 6.42 Å². The minimum Gasteiger partial charge on any atom is -0.351 e. The van der Waals surface area contributed by atoms with Crippen LogP contribution in [0.3, 0.4) is 0 Å². The first-order chi connectivity index (χ1) is 8.34. The average Bonchev–Trinajstić information content (AvgIpc) is 2.86. The normalized spacial score (nSPS) is 10.1. The molecule has 0 atom stereocenters. The third-order valence-electron chi connectivity index (χ3n) is 2.53. The maximum atomic E-state index is 11.5. The van der Waals surface area contributed by atoms with Crippen molar-refractivity contribution in [3.63, 3.8) is 0 Å². The summed E-state index contributed by atoms with van der Waals surface area (Å²) < 4.78 is 0. The number of nitrogens with one attached hydrogen (secondary N) is 1. The molecule has 1 rings (SSSR count). The van der Waals surface area contributed by atoms with Crippen LogP contribution >= 0.6 is 11.3 Å². The number of amides is 1. The van der Waals surface area contributed by atoms with Crippen LogP contribution in [-0.2, 0) is 4.79 Å². The highest BCUT2D eigenvalue weighted by Crippen LogP contribution is 2.08. The van der Waals surface area contributed by atoms with E-state index in [0.717, 1.165) is 49.8 Å². The van der Waals surface area contributed by atoms with Crippen LogP contribution in [0.25, 0.3) is 0 Å². The van der Waals surface area contributed by atoms with E-state index in [1.54, 1.807) is 0 Å². The van der Waals surface area contributed by atoms with Crippen LogP contribution in [0, 0.1) is 0 Å². The second-order valence-corrected chi connectivity index (χ2v) is 4.90. The Labute approximate surface area is 106 Å². The van der Waals surface area contributed by atoms with Gasteiger partial charge in [0.15, 0.2) is 0 Å². The standard InChI is InChI=1S/C13H19NO2S/c15-10-6-4-2-1-3-5-9-14-13(16)12-8-7-11-17-12/h7-8,10-11H,1-6,9H2,(H,14,16). The molecule has 3 nitrogen and oxygen atoms in total. The molecule has 1 heterocycles. The zero-order valence-electron chi connectivity index (χ0n) is 9.98. The SMILES string of the molecule is O=CCCCCCCCNC(=O)c1cccs1. The van der Waals surface area contributed by atoms with Crippen LogP contribution in [0.2, 0.25) is 0 Å². The zero-order valence-corrected chi connectivity index (χ0v) is 10.8. The summed E-state index contributed by atoms with van der Waals surface area (Å²) in [4.78, 5) is 22.4. The maximum absolute atomic E-state index is 11.5. The zero-order chi connectivity index (χ0) is 12.3. The number of rotatable bonds is 9. The number of aldehydes is 1. The third-order valence-corrected chi connectivity index (χ3v) is 3.40. The first-order valence-corrected chi connectivity index (χ1v) is 6.98. The Balaban J connectivity index is 1.94. The van der Waals surface area contributed by atoms with Crippen molar-refractivity contribution in [1.29, 1.82) is 0 Å². The molecule has 0 saturated carbocycles. The Hall–Kier alpha value is -1.16. The van der Waals surface area contributed by atoms with Gasteiger partial charge in [0.05, 0.1) is 4.88 Å². The van der Waals surface area contributed by atoms with E-state index in [4.69, 9.17) is 0 Å². The molecule has 1 amide bonds. The molecule has 1 aromatic heterocycles. The molecule has 0 aliphatic heterocycles. The highest BCUT2D eigenvalue weighted by molar-refractivity contribution is 7.12. The van der Waals surface area contributed by atoms with Crippen molar-refractivity contribution in [2.45, 2.75) is 38.5 Å². The lowest BCUT2D eigenvalue weighted by atomic mass is 10.1. The Morgan fingerprint density at radius 2 is 2.00 bits per heavy atom. The van der Waals surface area contributed by atoms with E-state index < -0.39 is 0 Å². The molecule has 0 aromatic carbocycles. The summed E-state index contributed by atoms with van der Waals surface area (Å²) in [5, 5.41) is 4.81. The number of carbonyl (C=O) groups excluding carboxylic acids is 2. The number of hydrogen-bond acceptors (Lipinski definition) is 3. The predicted molar refractivity (Wildman–Crippen MR) is 70.4 cm³/mol. The second-order valence-electron chi connectivity index (χ2n) is 3.96. The summed E-state index contributed by atoms with van der Waals surface area (Å²) >= 11 is 1.46. The third kappa shape index (κ3) is 6.22. The van der Waals surface area contributed by atoms with E-state index in [9.17, 15) is 9.59 Å². The van der Waals surface area contributed by atoms with Crippen molar-refractivity contribution < 1.29 is 9.59 Å². The van der Waals surface area contributed by atoms with Gasteiger partial charge in [0.2, 0.25) is 0 Å². The van der Waals surface area contributed by atoms with Crippen molar-refractivity contribution >= 4 is 23.5 Å². The number of unbranched alkanes of at least 4 members (excludes halogenated alkanes) is 5. The van der Waals surface area contributed by atoms with Crippen LogP contribution in [0.5, 0.6) is 0 Å². The van der Waals surface area contributed by atoms with E-state index in [1.807, 2.05) is 17.5 Å². The molecule has 0 bridgehead atoms. The fraction of sp³-hybridized carbons (Fsp3) is 0.538. The highest BCUT2D eigenvalue weighted by Gasteiger charge is 2.04. The molecule has 0 radical (unpaired) electrons. The maximum Gasteiger partial charge on any atom is 0.261 e. The predicted octanol–water partition coefficient (Wildman–Crippen LogP) is 3.02. The van der Waals surface area contributed by atoms with Crippen LogP contribution in [0.4, 0.5) is 0 Å². The van der Waals surface area contributed by atoms with E-state index in [1.165, 1.54) is 11.3 Å². The smallest absolute Gasteiger partial charge is 0.261 e. The summed E-state index contributed by atoms with van der Waals surface area (Å²) in [6.45, 7) is 0.740. The van der Waals surface area contributed by atoms with Gasteiger partial charge >= 0.3 is 0 Å². The van der Waals surface area contributed by atoms with E-state index in [-0.39, 0.29) is 5.91 Å². The van der Waals surface area contributed by atoms with Gasteiger partial charge in [-0.15, -0.1) is 11.3 Å². The van der Waals surface area contributed by atoms with Crippen LogP contribution in [0.15, 0.2) is 17.5 Å².